The molecule has 5 nitrogen and oxygen atoms in total. The zero-order valence-electron chi connectivity index (χ0n) is 13.8. The van der Waals surface area contributed by atoms with E-state index in [1.807, 2.05) is 0 Å². The zero-order valence-corrected chi connectivity index (χ0v) is 13.8. The van der Waals surface area contributed by atoms with Crippen molar-refractivity contribution in [1.29, 1.82) is 0 Å². The van der Waals surface area contributed by atoms with Gasteiger partial charge in [-0.05, 0) is 55.4 Å². The van der Waals surface area contributed by atoms with E-state index in [-0.39, 0.29) is 22.6 Å². The highest BCUT2D eigenvalue weighted by molar-refractivity contribution is 6.47. The summed E-state index contributed by atoms with van der Waals surface area (Å²) in [6.45, 7) is 11.0. The average Bonchev–Trinajstić information content (AvgIpc) is 2.73. The van der Waals surface area contributed by atoms with Gasteiger partial charge in [-0.2, -0.15) is 0 Å². The van der Waals surface area contributed by atoms with Gasteiger partial charge in [0.25, 0.3) is 0 Å². The van der Waals surface area contributed by atoms with Crippen LogP contribution in [0.1, 0.15) is 60.3 Å². The molecule has 0 aromatic rings. The van der Waals surface area contributed by atoms with Gasteiger partial charge in [0.15, 0.2) is 0 Å². The minimum absolute atomic E-state index is 0.146. The lowest BCUT2D eigenvalue weighted by molar-refractivity contribution is -0.257. The summed E-state index contributed by atoms with van der Waals surface area (Å²) in [6, 6.07) is 0. The van der Waals surface area contributed by atoms with Crippen LogP contribution >= 0.6 is 0 Å². The quantitative estimate of drug-likeness (QED) is 0.338. The van der Waals surface area contributed by atoms with E-state index in [4.69, 9.17) is 14.8 Å². The van der Waals surface area contributed by atoms with Gasteiger partial charge >= 0.3 is 7.12 Å². The molecule has 0 N–H and O–H groups in total. The first-order valence-corrected chi connectivity index (χ1v) is 8.15. The molecule has 1 spiro atoms. The fourth-order valence-electron chi connectivity index (χ4n) is 4.95. The molecule has 4 atom stereocenters. The van der Waals surface area contributed by atoms with Crippen molar-refractivity contribution in [2.45, 2.75) is 77.4 Å². The minimum Gasteiger partial charge on any atom is -0.403 e. The van der Waals surface area contributed by atoms with Crippen LogP contribution in [0.25, 0.3) is 10.4 Å². The lowest BCUT2D eigenvalue weighted by Gasteiger charge is -2.69. The van der Waals surface area contributed by atoms with Gasteiger partial charge < -0.3 is 9.31 Å². The molecule has 116 valence electrons. The number of hydrogen-bond donors (Lipinski definition) is 0. The standard InChI is InChI=1S/C15H26BN3O2/c1-10(2)8-12(18-19-17)16-20-14(5)7-6-11-9-15(14,21-16)13(11,3)4/h10-12H,6-9H2,1-5H3/t11?,12-,14?,15?/m0/s1. The number of hydrogen-bond acceptors (Lipinski definition) is 3. The molecule has 3 saturated carbocycles. The maximum atomic E-state index is 8.86. The Morgan fingerprint density at radius 1 is 1.33 bits per heavy atom. The third-order valence-corrected chi connectivity index (χ3v) is 6.34. The minimum atomic E-state index is -0.397. The highest BCUT2D eigenvalue weighted by Crippen LogP contribution is 2.70. The van der Waals surface area contributed by atoms with E-state index in [9.17, 15) is 0 Å². The Morgan fingerprint density at radius 3 is 2.57 bits per heavy atom. The lowest BCUT2D eigenvalue weighted by Crippen LogP contribution is -2.73. The van der Waals surface area contributed by atoms with E-state index in [0.717, 1.165) is 25.2 Å². The summed E-state index contributed by atoms with van der Waals surface area (Å²) < 4.78 is 12.8. The van der Waals surface area contributed by atoms with Crippen LogP contribution in [0.4, 0.5) is 0 Å². The second-order valence-electron chi connectivity index (χ2n) is 8.23. The molecule has 4 fully saturated rings. The van der Waals surface area contributed by atoms with Crippen LogP contribution in [0.2, 0.25) is 0 Å². The summed E-state index contributed by atoms with van der Waals surface area (Å²) in [5.74, 6) is 0.945. The van der Waals surface area contributed by atoms with Crippen molar-refractivity contribution in [3.8, 4) is 0 Å². The van der Waals surface area contributed by atoms with Gasteiger partial charge in [0, 0.05) is 4.91 Å². The Labute approximate surface area is 127 Å². The van der Waals surface area contributed by atoms with Gasteiger partial charge in [-0.15, -0.1) is 0 Å². The molecule has 0 aromatic heterocycles. The van der Waals surface area contributed by atoms with Crippen molar-refractivity contribution in [3.05, 3.63) is 10.4 Å². The summed E-state index contributed by atoms with van der Waals surface area (Å²) in [7, 11) is -0.397. The first-order chi connectivity index (χ1) is 9.76. The van der Waals surface area contributed by atoms with E-state index >= 15 is 0 Å². The Bertz CT molecular complexity index is 491. The monoisotopic (exact) mass is 291 g/mol. The second kappa shape index (κ2) is 4.64. The first kappa shape index (κ1) is 15.2. The van der Waals surface area contributed by atoms with Crippen molar-refractivity contribution in [2.24, 2.45) is 22.4 Å². The molecule has 6 heteroatoms. The van der Waals surface area contributed by atoms with Gasteiger partial charge in [0.1, 0.15) is 0 Å². The van der Waals surface area contributed by atoms with Crippen molar-refractivity contribution in [1.82, 2.24) is 0 Å². The molecule has 0 amide bonds. The highest BCUT2D eigenvalue weighted by Gasteiger charge is 2.76. The number of azide groups is 1. The molecule has 4 aliphatic rings. The van der Waals surface area contributed by atoms with Crippen LogP contribution in [0.3, 0.4) is 0 Å². The van der Waals surface area contributed by atoms with Gasteiger partial charge in [-0.1, -0.05) is 32.8 Å². The van der Waals surface area contributed by atoms with Crippen molar-refractivity contribution >= 4 is 7.12 Å². The summed E-state index contributed by atoms with van der Waals surface area (Å²) in [4.78, 5) is 3.01. The van der Waals surface area contributed by atoms with Crippen LogP contribution < -0.4 is 0 Å². The molecule has 1 saturated heterocycles. The second-order valence-corrected chi connectivity index (χ2v) is 8.23. The Balaban J connectivity index is 1.87. The maximum absolute atomic E-state index is 8.86. The summed E-state index contributed by atoms with van der Waals surface area (Å²) >= 11 is 0. The van der Waals surface area contributed by atoms with Crippen LogP contribution in [0.15, 0.2) is 5.11 Å². The third-order valence-electron chi connectivity index (χ3n) is 6.34. The zero-order chi connectivity index (χ0) is 15.5. The predicted molar refractivity (Wildman–Crippen MR) is 82.6 cm³/mol. The van der Waals surface area contributed by atoms with Gasteiger partial charge in [-0.3, -0.25) is 0 Å². The molecule has 4 rings (SSSR count). The van der Waals surface area contributed by atoms with Crippen LogP contribution in [0, 0.1) is 17.3 Å². The number of rotatable bonds is 4. The smallest absolute Gasteiger partial charge is 0.403 e. The topological polar surface area (TPSA) is 67.2 Å². The fraction of sp³-hybridized carbons (Fsp3) is 1.00. The van der Waals surface area contributed by atoms with E-state index in [1.54, 1.807) is 0 Å². The molecule has 0 aromatic carbocycles. The highest BCUT2D eigenvalue weighted by atomic mass is 16.7. The van der Waals surface area contributed by atoms with Crippen LogP contribution in [-0.4, -0.2) is 24.3 Å². The van der Waals surface area contributed by atoms with E-state index < -0.39 is 7.12 Å². The van der Waals surface area contributed by atoms with E-state index in [0.29, 0.717) is 5.92 Å². The lowest BCUT2D eigenvalue weighted by atomic mass is 9.41. The molecule has 3 aliphatic carbocycles. The Hall–Kier alpha value is -0.705. The number of fused-ring (bicyclic) bond motifs is 1. The normalized spacial score (nSPS) is 41.2. The number of nitrogens with zero attached hydrogens (tertiary/aromatic N) is 3. The average molecular weight is 291 g/mol. The molecule has 1 aliphatic heterocycles. The van der Waals surface area contributed by atoms with E-state index in [2.05, 4.69) is 44.6 Å². The molecule has 1 heterocycles. The van der Waals surface area contributed by atoms with Crippen LogP contribution in [-0.2, 0) is 9.31 Å². The molecule has 0 radical (unpaired) electrons. The van der Waals surface area contributed by atoms with Crippen molar-refractivity contribution in [2.75, 3.05) is 0 Å². The first-order valence-electron chi connectivity index (χ1n) is 8.15. The third kappa shape index (κ3) is 1.89. The van der Waals surface area contributed by atoms with Crippen molar-refractivity contribution in [3.63, 3.8) is 0 Å². The molecule has 3 unspecified atom stereocenters. The SMILES string of the molecule is CC(C)C[C@H](N=[N+]=[N-])B1OC2(C)CCC3CC2(O1)C3(C)C. The largest absolute Gasteiger partial charge is 0.467 e. The summed E-state index contributed by atoms with van der Waals surface area (Å²) in [5, 5.41) is 3.96. The summed E-state index contributed by atoms with van der Waals surface area (Å²) in [6.07, 6.45) is 4.13. The molecular weight excluding hydrogens is 265 g/mol. The van der Waals surface area contributed by atoms with E-state index in [1.165, 1.54) is 6.42 Å². The molecular formula is C15H26BN3O2. The van der Waals surface area contributed by atoms with Crippen molar-refractivity contribution < 1.29 is 9.31 Å². The maximum Gasteiger partial charge on any atom is 0.467 e. The van der Waals surface area contributed by atoms with Crippen LogP contribution in [0.5, 0.6) is 0 Å². The molecule has 2 bridgehead atoms. The fourth-order valence-corrected chi connectivity index (χ4v) is 4.95. The molecule has 21 heavy (non-hydrogen) atoms. The van der Waals surface area contributed by atoms with Gasteiger partial charge in [-0.25, -0.2) is 0 Å². The Kier molecular flexibility index (Phi) is 3.36. The van der Waals surface area contributed by atoms with Gasteiger partial charge in [0.05, 0.1) is 17.1 Å². The van der Waals surface area contributed by atoms with Gasteiger partial charge in [0.2, 0.25) is 0 Å². The predicted octanol–water partition coefficient (Wildman–Crippen LogP) is 4.12. The Morgan fingerprint density at radius 2 is 2.05 bits per heavy atom. The summed E-state index contributed by atoms with van der Waals surface area (Å²) in [5.41, 5.74) is 8.56.